The first-order valence-electron chi connectivity index (χ1n) is 16.1. The number of benzene rings is 1. The molecule has 13 heteroatoms. The van der Waals surface area contributed by atoms with Crippen LogP contribution in [-0.2, 0) is 38.1 Å². The van der Waals surface area contributed by atoms with Crippen molar-refractivity contribution in [1.82, 2.24) is 5.32 Å². The molecule has 48 heavy (non-hydrogen) atoms. The Labute approximate surface area is 278 Å². The highest BCUT2D eigenvalue weighted by Crippen LogP contribution is 2.67. The average molecular weight is 672 g/mol. The molecule has 13 nitrogen and oxygen atoms in total. The molecule has 0 unspecified atom stereocenters. The number of ketones is 1. The van der Waals surface area contributed by atoms with E-state index in [0.29, 0.717) is 11.1 Å². The van der Waals surface area contributed by atoms with Crippen molar-refractivity contribution in [3.8, 4) is 0 Å². The monoisotopic (exact) mass is 671 g/mol. The summed E-state index contributed by atoms with van der Waals surface area (Å²) in [6.07, 6.45) is -8.40. The van der Waals surface area contributed by atoms with Crippen molar-refractivity contribution in [3.05, 3.63) is 47.0 Å². The molecule has 4 aliphatic rings. The molecule has 5 rings (SSSR count). The smallest absolute Gasteiger partial charge is 0.340 e. The molecule has 2 bridgehead atoms. The number of hydrogen-bond acceptors (Lipinski definition) is 12. The zero-order valence-corrected chi connectivity index (χ0v) is 28.3. The fraction of sp³-hybridized carbons (Fsp3) is 0.629. The summed E-state index contributed by atoms with van der Waals surface area (Å²) in [5.41, 5.74) is -3.96. The molecule has 1 heterocycles. The molecule has 3 fully saturated rings. The van der Waals surface area contributed by atoms with E-state index < -0.39 is 88.3 Å². The van der Waals surface area contributed by atoms with Gasteiger partial charge in [0.2, 0.25) is 5.91 Å². The van der Waals surface area contributed by atoms with Gasteiger partial charge in [-0.2, -0.15) is 0 Å². The van der Waals surface area contributed by atoms with Gasteiger partial charge in [0.15, 0.2) is 23.7 Å². The summed E-state index contributed by atoms with van der Waals surface area (Å²) < 4.78 is 24.3. The second kappa shape index (κ2) is 12.3. The third-order valence-corrected chi connectivity index (χ3v) is 11.5. The van der Waals surface area contributed by atoms with E-state index in [1.54, 1.807) is 44.2 Å². The standard InChI is InChI=1S/C35H45NO12/c1-17-22(46-31(44)26(41)29(42)36-18(2)37)15-34(7)28(47-30(43)20-11-9-8-10-12-20)27-33(6,14-21(39)25(17)32(34,4)5)23(40)13-24-35(27,16-45-24)48-19(3)38/h8-12,22-24,26-29,40-42H,13-16H2,1-7H3,(H,36,37)/t22-,23-,24+,26+,27-,28-,29-,33+,34-,35-/m0/s1. The zero-order valence-electron chi connectivity index (χ0n) is 28.3. The summed E-state index contributed by atoms with van der Waals surface area (Å²) >= 11 is 0. The topological polar surface area (TPSA) is 195 Å². The molecule has 0 radical (unpaired) electrons. The molecule has 10 atom stereocenters. The van der Waals surface area contributed by atoms with Gasteiger partial charge in [0, 0.05) is 54.4 Å². The third-order valence-electron chi connectivity index (χ3n) is 11.5. The number of rotatable bonds is 7. The van der Waals surface area contributed by atoms with Gasteiger partial charge in [0.05, 0.1) is 18.3 Å². The van der Waals surface area contributed by atoms with Crippen molar-refractivity contribution in [2.24, 2.45) is 22.2 Å². The third kappa shape index (κ3) is 5.54. The number of carbonyl (C=O) groups is 5. The Balaban J connectivity index is 1.70. The van der Waals surface area contributed by atoms with Crippen LogP contribution < -0.4 is 5.32 Å². The maximum absolute atomic E-state index is 14.5. The summed E-state index contributed by atoms with van der Waals surface area (Å²) in [5, 5.41) is 34.5. The van der Waals surface area contributed by atoms with Crippen molar-refractivity contribution in [2.75, 3.05) is 6.61 Å². The predicted molar refractivity (Wildman–Crippen MR) is 167 cm³/mol. The number of nitrogens with one attached hydrogen (secondary N) is 1. The van der Waals surface area contributed by atoms with Crippen LogP contribution in [0.15, 0.2) is 41.5 Å². The first-order chi connectivity index (χ1) is 22.3. The van der Waals surface area contributed by atoms with Crippen molar-refractivity contribution in [1.29, 1.82) is 0 Å². The van der Waals surface area contributed by atoms with E-state index in [-0.39, 0.29) is 37.2 Å². The minimum Gasteiger partial charge on any atom is -0.458 e. The van der Waals surface area contributed by atoms with Crippen LogP contribution in [0.5, 0.6) is 0 Å². The van der Waals surface area contributed by atoms with E-state index in [1.165, 1.54) is 6.92 Å². The summed E-state index contributed by atoms with van der Waals surface area (Å²) in [7, 11) is 0. The van der Waals surface area contributed by atoms with Gasteiger partial charge in [-0.05, 0) is 31.1 Å². The lowest BCUT2D eigenvalue weighted by Gasteiger charge is -2.68. The van der Waals surface area contributed by atoms with E-state index in [0.717, 1.165) is 6.92 Å². The Morgan fingerprint density at radius 2 is 1.67 bits per heavy atom. The SMILES string of the molecule is CC(=O)N[C@@H](O)[C@@H](O)C(=O)O[C@H]1C[C@@]2(C)[C@@H](OC(=O)c3ccccc3)[C@H]3[C@](C)(CC(=O)C(=C1C)C2(C)C)[C@@H](O)C[C@H]1OC[C@]13OC(C)=O. The number of carbonyl (C=O) groups excluding carboxylic acids is 5. The van der Waals surface area contributed by atoms with Crippen LogP contribution in [0.2, 0.25) is 0 Å². The molecule has 1 aromatic carbocycles. The Morgan fingerprint density at radius 1 is 1.02 bits per heavy atom. The number of aliphatic hydroxyl groups is 3. The number of fused-ring (bicyclic) bond motifs is 5. The molecule has 1 saturated heterocycles. The second-order valence-corrected chi connectivity index (χ2v) is 14.7. The van der Waals surface area contributed by atoms with Gasteiger partial charge in [-0.3, -0.25) is 14.4 Å². The fourth-order valence-electron chi connectivity index (χ4n) is 8.70. The Bertz CT molecular complexity index is 1540. The minimum absolute atomic E-state index is 0.0333. The largest absolute Gasteiger partial charge is 0.458 e. The number of Topliss-reactive ketones (excluding diaryl/α,β-unsaturated/α-hetero) is 1. The second-order valence-electron chi connectivity index (χ2n) is 14.7. The molecule has 1 amide bonds. The fourth-order valence-corrected chi connectivity index (χ4v) is 8.70. The molecule has 262 valence electrons. The van der Waals surface area contributed by atoms with E-state index in [4.69, 9.17) is 18.9 Å². The first kappa shape index (κ1) is 35.7. The lowest BCUT2D eigenvalue weighted by molar-refractivity contribution is -0.344. The van der Waals surface area contributed by atoms with Crippen molar-refractivity contribution in [2.45, 2.75) is 110 Å². The highest BCUT2D eigenvalue weighted by atomic mass is 16.6. The quantitative estimate of drug-likeness (QED) is 0.187. The van der Waals surface area contributed by atoms with Gasteiger partial charge < -0.3 is 39.6 Å². The van der Waals surface area contributed by atoms with E-state index in [2.05, 4.69) is 0 Å². The van der Waals surface area contributed by atoms with Gasteiger partial charge in [0.1, 0.15) is 18.3 Å². The van der Waals surface area contributed by atoms with E-state index in [9.17, 15) is 39.3 Å². The van der Waals surface area contributed by atoms with Crippen LogP contribution in [0, 0.1) is 22.2 Å². The molecule has 1 aliphatic heterocycles. The number of allylic oxidation sites excluding steroid dienone is 1. The maximum Gasteiger partial charge on any atom is 0.340 e. The van der Waals surface area contributed by atoms with Gasteiger partial charge in [-0.1, -0.05) is 45.9 Å². The summed E-state index contributed by atoms with van der Waals surface area (Å²) in [6, 6.07) is 8.31. The lowest BCUT2D eigenvalue weighted by Crippen LogP contribution is -2.78. The van der Waals surface area contributed by atoms with Gasteiger partial charge in [0.25, 0.3) is 0 Å². The number of amides is 1. The highest BCUT2D eigenvalue weighted by molar-refractivity contribution is 5.99. The Hall–Kier alpha value is -3.65. The number of ether oxygens (including phenoxy) is 4. The van der Waals surface area contributed by atoms with Crippen molar-refractivity contribution >= 4 is 29.6 Å². The van der Waals surface area contributed by atoms with Crippen LogP contribution in [0.1, 0.15) is 78.1 Å². The Morgan fingerprint density at radius 3 is 2.23 bits per heavy atom. The molecule has 4 N–H and O–H groups in total. The van der Waals surface area contributed by atoms with Crippen molar-refractivity contribution < 1.29 is 58.2 Å². The summed E-state index contributed by atoms with van der Waals surface area (Å²) in [5.74, 6) is -4.51. The number of hydrogen-bond donors (Lipinski definition) is 4. The van der Waals surface area contributed by atoms with Crippen LogP contribution in [0.4, 0.5) is 0 Å². The maximum atomic E-state index is 14.5. The molecule has 1 aromatic rings. The molecule has 2 saturated carbocycles. The van der Waals surface area contributed by atoms with Crippen LogP contribution in [-0.4, -0.2) is 93.9 Å². The molecular formula is C35H45NO12. The van der Waals surface area contributed by atoms with E-state index in [1.807, 2.05) is 26.1 Å². The summed E-state index contributed by atoms with van der Waals surface area (Å²) in [4.78, 5) is 65.8. The molecule has 3 aliphatic carbocycles. The molecular weight excluding hydrogens is 626 g/mol. The molecule has 0 spiro atoms. The number of aliphatic hydroxyl groups excluding tert-OH is 3. The predicted octanol–water partition coefficient (Wildman–Crippen LogP) is 1.75. The van der Waals surface area contributed by atoms with Crippen LogP contribution in [0.3, 0.4) is 0 Å². The van der Waals surface area contributed by atoms with Gasteiger partial charge >= 0.3 is 17.9 Å². The van der Waals surface area contributed by atoms with Crippen LogP contribution >= 0.6 is 0 Å². The zero-order chi connectivity index (χ0) is 35.6. The molecule has 0 aromatic heterocycles. The van der Waals surface area contributed by atoms with Gasteiger partial charge in [-0.25, -0.2) is 9.59 Å². The van der Waals surface area contributed by atoms with Crippen molar-refractivity contribution in [3.63, 3.8) is 0 Å². The Kier molecular flexibility index (Phi) is 9.17. The van der Waals surface area contributed by atoms with Gasteiger partial charge in [-0.15, -0.1) is 0 Å². The van der Waals surface area contributed by atoms with E-state index >= 15 is 0 Å². The van der Waals surface area contributed by atoms with Crippen LogP contribution in [0.25, 0.3) is 0 Å². The number of esters is 3. The normalized spacial score (nSPS) is 36.5. The average Bonchev–Trinajstić information content (AvgIpc) is 2.99. The lowest BCUT2D eigenvalue weighted by atomic mass is 9.42. The highest BCUT2D eigenvalue weighted by Gasteiger charge is 2.75. The first-order valence-corrected chi connectivity index (χ1v) is 16.1. The summed E-state index contributed by atoms with van der Waals surface area (Å²) in [6.45, 7) is 11.2. The minimum atomic E-state index is -2.14.